The summed E-state index contributed by atoms with van der Waals surface area (Å²) in [5.74, 6) is 0.640. The minimum atomic E-state index is 0.640. The van der Waals surface area contributed by atoms with E-state index in [0.29, 0.717) is 5.92 Å². The lowest BCUT2D eigenvalue weighted by Crippen LogP contribution is -2.29. The third-order valence-electron chi connectivity index (χ3n) is 2.12. The predicted octanol–water partition coefficient (Wildman–Crippen LogP) is 1.13. The molecular weight excluding hydrogens is 138 g/mol. The van der Waals surface area contributed by atoms with Crippen LogP contribution in [0.15, 0.2) is 12.2 Å². The summed E-state index contributed by atoms with van der Waals surface area (Å²) >= 11 is 0. The van der Waals surface area contributed by atoms with Crippen LogP contribution in [-0.2, 0) is 4.79 Å². The molecule has 0 saturated carbocycles. The number of hydrogen-bond acceptors (Lipinski definition) is 2. The number of allylic oxidation sites excluding steroid dienone is 1. The predicted molar refractivity (Wildman–Crippen MR) is 45.4 cm³/mol. The van der Waals surface area contributed by atoms with E-state index < -0.39 is 0 Å². The van der Waals surface area contributed by atoms with Gasteiger partial charge >= 0.3 is 0 Å². The first-order valence-electron chi connectivity index (χ1n) is 4.16. The molecule has 0 aromatic heterocycles. The van der Waals surface area contributed by atoms with Crippen LogP contribution in [0.2, 0.25) is 0 Å². The lowest BCUT2D eigenvalue weighted by molar-refractivity contribution is -0.105. The molecule has 0 spiro atoms. The van der Waals surface area contributed by atoms with Crippen LogP contribution in [0, 0.1) is 5.92 Å². The van der Waals surface area contributed by atoms with Crippen LogP contribution >= 0.6 is 0 Å². The Morgan fingerprint density at radius 3 is 3.09 bits per heavy atom. The number of hydrogen-bond donors (Lipinski definition) is 1. The van der Waals surface area contributed by atoms with Crippen molar-refractivity contribution in [2.75, 3.05) is 13.1 Å². The summed E-state index contributed by atoms with van der Waals surface area (Å²) in [5.41, 5.74) is 0.735. The Kier molecular flexibility index (Phi) is 3.30. The maximum Gasteiger partial charge on any atom is 0.145 e. The second-order valence-corrected chi connectivity index (χ2v) is 3.19. The van der Waals surface area contributed by atoms with E-state index in [1.54, 1.807) is 0 Å². The van der Waals surface area contributed by atoms with Crippen molar-refractivity contribution >= 4 is 6.29 Å². The van der Waals surface area contributed by atoms with Crippen LogP contribution in [0.3, 0.4) is 0 Å². The van der Waals surface area contributed by atoms with E-state index in [4.69, 9.17) is 0 Å². The molecule has 1 rings (SSSR count). The molecule has 0 aromatic carbocycles. The van der Waals surface area contributed by atoms with Crippen LogP contribution in [0.25, 0.3) is 0 Å². The number of piperidine rings is 1. The zero-order valence-corrected chi connectivity index (χ0v) is 6.81. The van der Waals surface area contributed by atoms with E-state index >= 15 is 0 Å². The number of carbonyl (C=O) groups excluding carboxylic acids is 1. The monoisotopic (exact) mass is 153 g/mol. The van der Waals surface area contributed by atoms with Crippen molar-refractivity contribution in [2.24, 2.45) is 5.92 Å². The summed E-state index contributed by atoms with van der Waals surface area (Å²) < 4.78 is 0. The molecule has 1 fully saturated rings. The average Bonchev–Trinajstić information content (AvgIpc) is 2.06. The summed E-state index contributed by atoms with van der Waals surface area (Å²) in [7, 11) is 0. The van der Waals surface area contributed by atoms with Gasteiger partial charge in [0.15, 0.2) is 0 Å². The standard InChI is InChI=1S/C9H15NO/c1-8(7-11)5-9-3-2-4-10-6-9/h7,9-10H,1-6H2. The third kappa shape index (κ3) is 2.85. The van der Waals surface area contributed by atoms with Gasteiger partial charge in [-0.15, -0.1) is 0 Å². The van der Waals surface area contributed by atoms with Gasteiger partial charge in [-0.25, -0.2) is 0 Å². The van der Waals surface area contributed by atoms with Crippen molar-refractivity contribution < 1.29 is 4.79 Å². The maximum atomic E-state index is 10.3. The molecule has 0 aliphatic carbocycles. The third-order valence-corrected chi connectivity index (χ3v) is 2.12. The fourth-order valence-corrected chi connectivity index (χ4v) is 1.52. The van der Waals surface area contributed by atoms with Gasteiger partial charge in [-0.3, -0.25) is 4.79 Å². The topological polar surface area (TPSA) is 29.1 Å². The zero-order chi connectivity index (χ0) is 8.10. The highest BCUT2D eigenvalue weighted by Crippen LogP contribution is 2.16. The number of aldehydes is 1. The molecule has 1 aliphatic heterocycles. The van der Waals surface area contributed by atoms with E-state index in [1.165, 1.54) is 12.8 Å². The first kappa shape index (κ1) is 8.47. The van der Waals surface area contributed by atoms with Crippen LogP contribution in [0.1, 0.15) is 19.3 Å². The number of nitrogens with one attached hydrogen (secondary N) is 1. The summed E-state index contributed by atoms with van der Waals surface area (Å²) in [6, 6.07) is 0. The molecule has 0 amide bonds. The maximum absolute atomic E-state index is 10.3. The van der Waals surface area contributed by atoms with Gasteiger partial charge in [0.25, 0.3) is 0 Å². The van der Waals surface area contributed by atoms with Crippen LogP contribution in [-0.4, -0.2) is 19.4 Å². The quantitative estimate of drug-likeness (QED) is 0.486. The van der Waals surface area contributed by atoms with E-state index in [0.717, 1.165) is 31.4 Å². The average molecular weight is 153 g/mol. The fourth-order valence-electron chi connectivity index (χ4n) is 1.52. The Balaban J connectivity index is 2.24. The Hall–Kier alpha value is -0.630. The van der Waals surface area contributed by atoms with Gasteiger partial charge in [0.05, 0.1) is 0 Å². The molecule has 1 atom stereocenters. The molecule has 1 N–H and O–H groups in total. The Morgan fingerprint density at radius 1 is 1.73 bits per heavy atom. The van der Waals surface area contributed by atoms with Crippen molar-refractivity contribution in [3.63, 3.8) is 0 Å². The Labute approximate surface area is 67.7 Å². The van der Waals surface area contributed by atoms with Crippen molar-refractivity contribution in [1.29, 1.82) is 0 Å². The lowest BCUT2D eigenvalue weighted by atomic mass is 9.93. The Bertz CT molecular complexity index is 148. The van der Waals surface area contributed by atoms with Crippen LogP contribution in [0.4, 0.5) is 0 Å². The molecule has 2 heteroatoms. The SMILES string of the molecule is C=C(C=O)CC1CCCNC1. The van der Waals surface area contributed by atoms with E-state index in [9.17, 15) is 4.79 Å². The molecule has 62 valence electrons. The molecule has 1 heterocycles. The van der Waals surface area contributed by atoms with Crippen LogP contribution < -0.4 is 5.32 Å². The summed E-state index contributed by atoms with van der Waals surface area (Å²) in [6.07, 6.45) is 4.21. The summed E-state index contributed by atoms with van der Waals surface area (Å²) in [4.78, 5) is 10.3. The highest BCUT2D eigenvalue weighted by molar-refractivity contribution is 5.71. The normalized spacial score (nSPS) is 24.5. The molecule has 0 radical (unpaired) electrons. The first-order valence-corrected chi connectivity index (χ1v) is 4.16. The fraction of sp³-hybridized carbons (Fsp3) is 0.667. The smallest absolute Gasteiger partial charge is 0.145 e. The van der Waals surface area contributed by atoms with Gasteiger partial charge in [-0.2, -0.15) is 0 Å². The van der Waals surface area contributed by atoms with Crippen molar-refractivity contribution in [2.45, 2.75) is 19.3 Å². The molecule has 0 bridgehead atoms. The molecule has 1 saturated heterocycles. The van der Waals surface area contributed by atoms with E-state index in [-0.39, 0.29) is 0 Å². The van der Waals surface area contributed by atoms with Gasteiger partial charge in [-0.05, 0) is 43.8 Å². The van der Waals surface area contributed by atoms with E-state index in [2.05, 4.69) is 11.9 Å². The number of rotatable bonds is 3. The van der Waals surface area contributed by atoms with Gasteiger partial charge < -0.3 is 5.32 Å². The summed E-state index contributed by atoms with van der Waals surface area (Å²) in [6.45, 7) is 5.85. The van der Waals surface area contributed by atoms with E-state index in [1.807, 2.05) is 0 Å². The minimum absolute atomic E-state index is 0.640. The zero-order valence-electron chi connectivity index (χ0n) is 6.81. The second-order valence-electron chi connectivity index (χ2n) is 3.19. The molecule has 0 aromatic rings. The lowest BCUT2D eigenvalue weighted by Gasteiger charge is -2.22. The molecular formula is C9H15NO. The minimum Gasteiger partial charge on any atom is -0.316 e. The van der Waals surface area contributed by atoms with Gasteiger partial charge in [0.2, 0.25) is 0 Å². The molecule has 2 nitrogen and oxygen atoms in total. The van der Waals surface area contributed by atoms with Crippen molar-refractivity contribution in [3.05, 3.63) is 12.2 Å². The molecule has 11 heavy (non-hydrogen) atoms. The summed E-state index contributed by atoms with van der Waals surface area (Å²) in [5, 5.41) is 3.31. The van der Waals surface area contributed by atoms with Crippen molar-refractivity contribution in [1.82, 2.24) is 5.32 Å². The highest BCUT2D eigenvalue weighted by Gasteiger charge is 2.12. The Morgan fingerprint density at radius 2 is 2.55 bits per heavy atom. The molecule has 1 unspecified atom stereocenters. The number of carbonyl (C=O) groups is 1. The largest absolute Gasteiger partial charge is 0.316 e. The second kappa shape index (κ2) is 4.29. The first-order chi connectivity index (χ1) is 5.33. The van der Waals surface area contributed by atoms with Gasteiger partial charge in [-0.1, -0.05) is 6.58 Å². The van der Waals surface area contributed by atoms with Crippen LogP contribution in [0.5, 0.6) is 0 Å². The van der Waals surface area contributed by atoms with Gasteiger partial charge in [0, 0.05) is 0 Å². The van der Waals surface area contributed by atoms with Gasteiger partial charge in [0.1, 0.15) is 6.29 Å². The molecule has 1 aliphatic rings. The highest BCUT2D eigenvalue weighted by atomic mass is 16.1. The van der Waals surface area contributed by atoms with Crippen molar-refractivity contribution in [3.8, 4) is 0 Å².